The van der Waals surface area contributed by atoms with Crippen molar-refractivity contribution in [3.05, 3.63) is 23.8 Å². The highest BCUT2D eigenvalue weighted by atomic mass is 19.4. The van der Waals surface area contributed by atoms with Crippen LogP contribution in [-0.2, 0) is 11.3 Å². The van der Waals surface area contributed by atoms with Crippen molar-refractivity contribution in [2.45, 2.75) is 38.0 Å². The van der Waals surface area contributed by atoms with Crippen LogP contribution in [0, 0.1) is 0 Å². The van der Waals surface area contributed by atoms with E-state index in [1.54, 1.807) is 0 Å². The summed E-state index contributed by atoms with van der Waals surface area (Å²) in [7, 11) is 0. The number of nitrogens with zero attached hydrogens (tertiary/aromatic N) is 3. The van der Waals surface area contributed by atoms with Gasteiger partial charge in [0.05, 0.1) is 0 Å². The molecule has 0 aromatic heterocycles. The molecule has 3 aliphatic rings. The first-order valence-electron chi connectivity index (χ1n) is 10.1. The highest BCUT2D eigenvalue weighted by Crippen LogP contribution is 2.33. The van der Waals surface area contributed by atoms with Crippen LogP contribution in [0.15, 0.2) is 18.2 Å². The molecule has 29 heavy (non-hydrogen) atoms. The summed E-state index contributed by atoms with van der Waals surface area (Å²) in [6.45, 7) is 5.41. The molecule has 160 valence electrons. The Hall–Kier alpha value is -2.00. The number of amides is 1. The van der Waals surface area contributed by atoms with Gasteiger partial charge in [0, 0.05) is 51.9 Å². The van der Waals surface area contributed by atoms with E-state index >= 15 is 0 Å². The highest BCUT2D eigenvalue weighted by Gasteiger charge is 2.36. The lowest BCUT2D eigenvalue weighted by molar-refractivity contribution is -0.163. The second kappa shape index (κ2) is 8.39. The van der Waals surface area contributed by atoms with Crippen LogP contribution >= 0.6 is 0 Å². The zero-order valence-corrected chi connectivity index (χ0v) is 16.3. The molecular formula is C20H26F3N3O3. The van der Waals surface area contributed by atoms with Crippen molar-refractivity contribution in [3.8, 4) is 11.5 Å². The predicted molar refractivity (Wildman–Crippen MR) is 99.7 cm³/mol. The summed E-state index contributed by atoms with van der Waals surface area (Å²) >= 11 is 0. The van der Waals surface area contributed by atoms with Crippen LogP contribution in [0.2, 0.25) is 0 Å². The number of rotatable bonds is 4. The van der Waals surface area contributed by atoms with Crippen LogP contribution < -0.4 is 9.47 Å². The number of hydrogen-bond acceptors (Lipinski definition) is 5. The standard InChI is InChI=1S/C20H26F3N3O3/c21-20(22,23)11-19(27)26-5-1-2-16(13-26)25-8-6-24(7-9-25)12-15-3-4-17-18(10-15)29-14-28-17/h3-4,10,16H,1-2,5-9,11-14H2/t16-/m0/s1. The van der Waals surface area contributed by atoms with Gasteiger partial charge in [-0.25, -0.2) is 0 Å². The van der Waals surface area contributed by atoms with Crippen LogP contribution in [0.25, 0.3) is 0 Å². The van der Waals surface area contributed by atoms with Gasteiger partial charge in [-0.1, -0.05) is 6.07 Å². The monoisotopic (exact) mass is 413 g/mol. The smallest absolute Gasteiger partial charge is 0.397 e. The summed E-state index contributed by atoms with van der Waals surface area (Å²) in [4.78, 5) is 18.0. The lowest BCUT2D eigenvalue weighted by Gasteiger charge is -2.43. The fourth-order valence-corrected chi connectivity index (χ4v) is 4.35. The number of alkyl halides is 3. The molecule has 3 aliphatic heterocycles. The lowest BCUT2D eigenvalue weighted by atomic mass is 10.0. The Morgan fingerprint density at radius 3 is 2.59 bits per heavy atom. The van der Waals surface area contributed by atoms with E-state index in [1.165, 1.54) is 10.5 Å². The zero-order chi connectivity index (χ0) is 20.4. The predicted octanol–water partition coefficient (Wildman–Crippen LogP) is 2.48. The number of fused-ring (bicyclic) bond motifs is 1. The van der Waals surface area contributed by atoms with Gasteiger partial charge in [-0.2, -0.15) is 13.2 Å². The topological polar surface area (TPSA) is 45.3 Å². The van der Waals surface area contributed by atoms with Gasteiger partial charge in [-0.05, 0) is 30.5 Å². The molecule has 1 aromatic carbocycles. The van der Waals surface area contributed by atoms with Gasteiger partial charge in [0.1, 0.15) is 6.42 Å². The highest BCUT2D eigenvalue weighted by molar-refractivity contribution is 5.77. The fourth-order valence-electron chi connectivity index (χ4n) is 4.35. The number of carbonyl (C=O) groups is 1. The third kappa shape index (κ3) is 5.14. The molecule has 3 heterocycles. The Balaban J connectivity index is 1.26. The van der Waals surface area contributed by atoms with Crippen molar-refractivity contribution >= 4 is 5.91 Å². The molecule has 2 saturated heterocycles. The molecular weight excluding hydrogens is 387 g/mol. The number of piperidine rings is 1. The molecule has 1 amide bonds. The number of hydrogen-bond donors (Lipinski definition) is 0. The van der Waals surface area contributed by atoms with E-state index in [-0.39, 0.29) is 12.8 Å². The summed E-state index contributed by atoms with van der Waals surface area (Å²) in [5.41, 5.74) is 1.17. The van der Waals surface area contributed by atoms with Crippen LogP contribution in [0.1, 0.15) is 24.8 Å². The van der Waals surface area contributed by atoms with Gasteiger partial charge < -0.3 is 14.4 Å². The zero-order valence-electron chi connectivity index (χ0n) is 16.3. The van der Waals surface area contributed by atoms with E-state index < -0.39 is 18.5 Å². The Morgan fingerprint density at radius 1 is 1.07 bits per heavy atom. The van der Waals surface area contributed by atoms with Gasteiger partial charge in [0.25, 0.3) is 0 Å². The summed E-state index contributed by atoms with van der Waals surface area (Å²) in [5, 5.41) is 0. The van der Waals surface area contributed by atoms with E-state index in [0.29, 0.717) is 13.1 Å². The maximum atomic E-state index is 12.5. The van der Waals surface area contributed by atoms with Crippen molar-refractivity contribution < 1.29 is 27.4 Å². The van der Waals surface area contributed by atoms with Gasteiger partial charge in [-0.3, -0.25) is 14.6 Å². The average molecular weight is 413 g/mol. The molecule has 1 atom stereocenters. The average Bonchev–Trinajstić information content (AvgIpc) is 3.15. The van der Waals surface area contributed by atoms with E-state index in [4.69, 9.17) is 9.47 Å². The lowest BCUT2D eigenvalue weighted by Crippen LogP contribution is -2.55. The number of likely N-dealkylation sites (tertiary alicyclic amines) is 1. The quantitative estimate of drug-likeness (QED) is 0.759. The molecule has 1 aromatic rings. The molecule has 0 saturated carbocycles. The summed E-state index contributed by atoms with van der Waals surface area (Å²) in [6, 6.07) is 6.14. The summed E-state index contributed by atoms with van der Waals surface area (Å²) in [6.07, 6.45) is -4.11. The third-order valence-electron chi connectivity index (χ3n) is 5.87. The Labute approximate surface area is 168 Å². The van der Waals surface area contributed by atoms with E-state index in [1.807, 2.05) is 18.2 Å². The first kappa shape index (κ1) is 20.3. The van der Waals surface area contributed by atoms with Gasteiger partial charge in [-0.15, -0.1) is 0 Å². The molecule has 0 N–H and O–H groups in total. The number of piperazine rings is 1. The largest absolute Gasteiger partial charge is 0.454 e. The Bertz CT molecular complexity index is 735. The molecule has 0 bridgehead atoms. The minimum Gasteiger partial charge on any atom is -0.454 e. The normalized spacial score (nSPS) is 23.4. The van der Waals surface area contributed by atoms with E-state index in [0.717, 1.165) is 57.1 Å². The van der Waals surface area contributed by atoms with Gasteiger partial charge in [0.15, 0.2) is 11.5 Å². The van der Waals surface area contributed by atoms with Crippen LogP contribution in [0.4, 0.5) is 13.2 Å². The molecule has 6 nitrogen and oxygen atoms in total. The SMILES string of the molecule is O=C(CC(F)(F)F)N1CCC[C@H](N2CCN(Cc3ccc4c(c3)OCO4)CC2)C1. The molecule has 9 heteroatoms. The van der Waals surface area contributed by atoms with Crippen LogP contribution in [0.3, 0.4) is 0 Å². The minimum absolute atomic E-state index is 0.147. The maximum Gasteiger partial charge on any atom is 0.397 e. The van der Waals surface area contributed by atoms with Crippen molar-refractivity contribution in [2.24, 2.45) is 0 Å². The molecule has 0 aliphatic carbocycles. The molecule has 2 fully saturated rings. The summed E-state index contributed by atoms with van der Waals surface area (Å²) < 4.78 is 48.4. The first-order valence-corrected chi connectivity index (χ1v) is 10.1. The Kier molecular flexibility index (Phi) is 5.87. The summed E-state index contributed by atoms with van der Waals surface area (Å²) in [5.74, 6) is 0.760. The maximum absolute atomic E-state index is 12.5. The number of ether oxygens (including phenoxy) is 2. The van der Waals surface area contributed by atoms with Gasteiger partial charge in [0.2, 0.25) is 12.7 Å². The van der Waals surface area contributed by atoms with Crippen molar-refractivity contribution in [3.63, 3.8) is 0 Å². The molecule has 0 radical (unpaired) electrons. The van der Waals surface area contributed by atoms with Crippen LogP contribution in [0.5, 0.6) is 11.5 Å². The van der Waals surface area contributed by atoms with Crippen molar-refractivity contribution in [1.82, 2.24) is 14.7 Å². The van der Waals surface area contributed by atoms with Gasteiger partial charge >= 0.3 is 6.18 Å². The number of benzene rings is 1. The second-order valence-electron chi connectivity index (χ2n) is 7.93. The van der Waals surface area contributed by atoms with Crippen LogP contribution in [-0.4, -0.2) is 78.9 Å². The van der Waals surface area contributed by atoms with E-state index in [2.05, 4.69) is 9.80 Å². The number of halogens is 3. The third-order valence-corrected chi connectivity index (χ3v) is 5.87. The fraction of sp³-hybridized carbons (Fsp3) is 0.650. The second-order valence-corrected chi connectivity index (χ2v) is 7.93. The minimum atomic E-state index is -4.44. The molecule has 0 unspecified atom stereocenters. The Morgan fingerprint density at radius 2 is 1.83 bits per heavy atom. The van der Waals surface area contributed by atoms with E-state index in [9.17, 15) is 18.0 Å². The first-order chi connectivity index (χ1) is 13.9. The van der Waals surface area contributed by atoms with Crippen molar-refractivity contribution in [1.29, 1.82) is 0 Å². The molecule has 0 spiro atoms. The van der Waals surface area contributed by atoms with Crippen molar-refractivity contribution in [2.75, 3.05) is 46.1 Å². The number of carbonyl (C=O) groups excluding carboxylic acids is 1. The molecule has 4 rings (SSSR count).